The third-order valence-corrected chi connectivity index (χ3v) is 5.78. The summed E-state index contributed by atoms with van der Waals surface area (Å²) in [6.07, 6.45) is -0.0334. The lowest BCUT2D eigenvalue weighted by Gasteiger charge is -2.09. The Hall–Kier alpha value is -2.06. The molecule has 1 heterocycles. The summed E-state index contributed by atoms with van der Waals surface area (Å²) in [5.41, 5.74) is 1.97. The highest BCUT2D eigenvalue weighted by molar-refractivity contribution is 8.15. The van der Waals surface area contributed by atoms with E-state index in [9.17, 15) is 9.59 Å². The van der Waals surface area contributed by atoms with Crippen LogP contribution in [0.25, 0.3) is 0 Å². The number of hydrogen-bond acceptors (Lipinski definition) is 5. The van der Waals surface area contributed by atoms with Crippen LogP contribution >= 0.6 is 46.6 Å². The van der Waals surface area contributed by atoms with Crippen molar-refractivity contribution in [3.8, 4) is 0 Å². The Labute approximate surface area is 186 Å². The van der Waals surface area contributed by atoms with Gasteiger partial charge < -0.3 is 10.6 Å². The zero-order valence-corrected chi connectivity index (χ0v) is 18.2. The van der Waals surface area contributed by atoms with E-state index >= 15 is 0 Å². The molecule has 1 aliphatic rings. The topological polar surface area (TPSA) is 82.9 Å². The normalized spacial score (nSPS) is 18.1. The van der Waals surface area contributed by atoms with Crippen LogP contribution < -0.4 is 10.6 Å². The summed E-state index contributed by atoms with van der Waals surface area (Å²) in [6, 6.07) is 11.9. The van der Waals surface area contributed by atoms with Gasteiger partial charge in [0.25, 0.3) is 0 Å². The fraction of sp³-hybridized carbons (Fsp3) is 0.158. The second-order valence-electron chi connectivity index (χ2n) is 6.07. The molecule has 1 aliphatic heterocycles. The highest BCUT2D eigenvalue weighted by Gasteiger charge is 2.32. The lowest BCUT2D eigenvalue weighted by atomic mass is 10.1. The molecule has 1 fully saturated rings. The maximum absolute atomic E-state index is 12.3. The summed E-state index contributed by atoms with van der Waals surface area (Å²) < 4.78 is 0. The monoisotopic (exact) mass is 468 g/mol. The molecule has 2 aromatic rings. The van der Waals surface area contributed by atoms with Gasteiger partial charge in [-0.15, -0.1) is 5.10 Å². The number of amides is 2. The van der Waals surface area contributed by atoms with Crippen LogP contribution in [-0.4, -0.2) is 27.9 Å². The molecule has 1 saturated heterocycles. The number of anilines is 1. The molecule has 0 radical (unpaired) electrons. The summed E-state index contributed by atoms with van der Waals surface area (Å²) in [5, 5.41) is 14.7. The molecular weight excluding hydrogens is 455 g/mol. The van der Waals surface area contributed by atoms with Crippen LogP contribution in [0.15, 0.2) is 52.7 Å². The van der Waals surface area contributed by atoms with Gasteiger partial charge in [0, 0.05) is 16.5 Å². The fourth-order valence-corrected chi connectivity index (χ4v) is 3.92. The predicted molar refractivity (Wildman–Crippen MR) is 120 cm³/mol. The minimum absolute atomic E-state index is 0.0334. The molecule has 2 N–H and O–H groups in total. The van der Waals surface area contributed by atoms with Gasteiger partial charge in [0.05, 0.1) is 16.4 Å². The Morgan fingerprint density at radius 3 is 2.52 bits per heavy atom. The fourth-order valence-electron chi connectivity index (χ4n) is 2.42. The van der Waals surface area contributed by atoms with Crippen LogP contribution in [0, 0.1) is 0 Å². The molecule has 150 valence electrons. The highest BCUT2D eigenvalue weighted by atomic mass is 35.5. The number of nitrogens with zero attached hydrogens (tertiary/aromatic N) is 2. The van der Waals surface area contributed by atoms with Gasteiger partial charge in [0.1, 0.15) is 5.25 Å². The number of hydrogen-bond donors (Lipinski definition) is 2. The van der Waals surface area contributed by atoms with Gasteiger partial charge in [-0.2, -0.15) is 5.10 Å². The summed E-state index contributed by atoms with van der Waals surface area (Å²) in [7, 11) is 0. The second kappa shape index (κ2) is 9.63. The summed E-state index contributed by atoms with van der Waals surface area (Å²) in [5.74, 6) is -0.644. The largest absolute Gasteiger partial charge is 0.325 e. The summed E-state index contributed by atoms with van der Waals surface area (Å²) >= 11 is 18.9. The number of halogens is 3. The van der Waals surface area contributed by atoms with Gasteiger partial charge in [0.2, 0.25) is 11.8 Å². The number of rotatable bonds is 5. The zero-order valence-electron chi connectivity index (χ0n) is 15.1. The average molecular weight is 470 g/mol. The minimum Gasteiger partial charge on any atom is -0.325 e. The Morgan fingerprint density at radius 1 is 1.14 bits per heavy atom. The van der Waals surface area contributed by atoms with Crippen LogP contribution in [-0.2, 0) is 9.59 Å². The van der Waals surface area contributed by atoms with Crippen molar-refractivity contribution >= 4 is 74.9 Å². The maximum atomic E-state index is 12.3. The number of amidine groups is 1. The predicted octanol–water partition coefficient (Wildman–Crippen LogP) is 4.99. The van der Waals surface area contributed by atoms with E-state index in [0.717, 1.165) is 17.3 Å². The molecule has 10 heteroatoms. The number of carbonyl (C=O) groups excluding carboxylic acids is 2. The highest BCUT2D eigenvalue weighted by Crippen LogP contribution is 2.27. The summed E-state index contributed by atoms with van der Waals surface area (Å²) in [6.45, 7) is 1.80. The second-order valence-corrected chi connectivity index (χ2v) is 8.54. The molecular formula is C19H15Cl3N4O2S. The average Bonchev–Trinajstić information content (AvgIpc) is 3.02. The van der Waals surface area contributed by atoms with Crippen LogP contribution in [0.2, 0.25) is 15.1 Å². The number of thioether (sulfide) groups is 1. The quantitative estimate of drug-likeness (QED) is 0.478. The Morgan fingerprint density at radius 2 is 1.83 bits per heavy atom. The SMILES string of the molecule is C/C(=N/N=C1\NC(=O)[C@H](CC(=O)Nc2ccc(Cl)cc2Cl)S1)c1ccc(Cl)cc1. The minimum atomic E-state index is -0.606. The zero-order chi connectivity index (χ0) is 21.0. The summed E-state index contributed by atoms with van der Waals surface area (Å²) in [4.78, 5) is 24.4. The molecule has 0 unspecified atom stereocenters. The van der Waals surface area contributed by atoms with Gasteiger partial charge in [-0.25, -0.2) is 0 Å². The van der Waals surface area contributed by atoms with E-state index in [1.165, 1.54) is 6.07 Å². The van der Waals surface area contributed by atoms with Crippen LogP contribution in [0.3, 0.4) is 0 Å². The van der Waals surface area contributed by atoms with E-state index in [4.69, 9.17) is 34.8 Å². The van der Waals surface area contributed by atoms with E-state index in [0.29, 0.717) is 31.6 Å². The van der Waals surface area contributed by atoms with Crippen molar-refractivity contribution in [3.05, 3.63) is 63.1 Å². The molecule has 0 spiro atoms. The molecule has 0 aliphatic carbocycles. The lowest BCUT2D eigenvalue weighted by Crippen LogP contribution is -2.28. The van der Waals surface area contributed by atoms with Crippen LogP contribution in [0.1, 0.15) is 18.9 Å². The maximum Gasteiger partial charge on any atom is 0.240 e. The van der Waals surface area contributed by atoms with Gasteiger partial charge >= 0.3 is 0 Å². The standard InChI is InChI=1S/C19H15Cl3N4O2S/c1-10(11-2-4-12(20)5-3-11)25-26-19-24-18(28)16(29-19)9-17(27)23-15-7-6-13(21)8-14(15)22/h2-8,16H,9H2,1H3,(H,23,27)(H,24,26,28)/b25-10-/t16-/m0/s1. The Balaban J connectivity index is 1.60. The van der Waals surface area contributed by atoms with Crippen molar-refractivity contribution in [1.82, 2.24) is 5.32 Å². The van der Waals surface area contributed by atoms with Crippen LogP contribution in [0.4, 0.5) is 5.69 Å². The first-order chi connectivity index (χ1) is 13.8. The van der Waals surface area contributed by atoms with Gasteiger partial charge in [-0.1, -0.05) is 58.7 Å². The van der Waals surface area contributed by atoms with Crippen LogP contribution in [0.5, 0.6) is 0 Å². The molecule has 1 atom stereocenters. The Kier molecular flexibility index (Phi) is 7.18. The molecule has 6 nitrogen and oxygen atoms in total. The van der Waals surface area contributed by atoms with E-state index in [1.54, 1.807) is 31.2 Å². The van der Waals surface area contributed by atoms with E-state index in [1.807, 2.05) is 12.1 Å². The van der Waals surface area contributed by atoms with Gasteiger partial charge in [0.15, 0.2) is 5.17 Å². The van der Waals surface area contributed by atoms with Crippen molar-refractivity contribution in [2.24, 2.45) is 10.2 Å². The van der Waals surface area contributed by atoms with E-state index in [-0.39, 0.29) is 18.2 Å². The molecule has 3 rings (SSSR count). The lowest BCUT2D eigenvalue weighted by molar-refractivity contribution is -0.122. The number of benzene rings is 2. The molecule has 0 aromatic heterocycles. The Bertz CT molecular complexity index is 1010. The molecule has 29 heavy (non-hydrogen) atoms. The number of nitrogens with one attached hydrogen (secondary N) is 2. The molecule has 2 aromatic carbocycles. The van der Waals surface area contributed by atoms with Crippen molar-refractivity contribution in [3.63, 3.8) is 0 Å². The van der Waals surface area contributed by atoms with Crippen molar-refractivity contribution in [1.29, 1.82) is 0 Å². The first-order valence-corrected chi connectivity index (χ1v) is 10.4. The van der Waals surface area contributed by atoms with E-state index < -0.39 is 5.25 Å². The van der Waals surface area contributed by atoms with Gasteiger partial charge in [-0.3, -0.25) is 9.59 Å². The molecule has 2 amide bonds. The third kappa shape index (κ3) is 5.96. The van der Waals surface area contributed by atoms with Crippen molar-refractivity contribution in [2.45, 2.75) is 18.6 Å². The van der Waals surface area contributed by atoms with Crippen molar-refractivity contribution in [2.75, 3.05) is 5.32 Å². The smallest absolute Gasteiger partial charge is 0.240 e. The van der Waals surface area contributed by atoms with Gasteiger partial charge in [-0.05, 0) is 42.8 Å². The van der Waals surface area contributed by atoms with Crippen molar-refractivity contribution < 1.29 is 9.59 Å². The molecule has 0 bridgehead atoms. The first-order valence-electron chi connectivity index (χ1n) is 8.42. The van der Waals surface area contributed by atoms with E-state index in [2.05, 4.69) is 20.8 Å². The molecule has 0 saturated carbocycles. The third-order valence-electron chi connectivity index (χ3n) is 3.91. The first kappa shape index (κ1) is 21.6. The number of carbonyl (C=O) groups is 2.